The summed E-state index contributed by atoms with van der Waals surface area (Å²) < 4.78 is 0. The van der Waals surface area contributed by atoms with E-state index in [0.29, 0.717) is 10.0 Å². The fourth-order valence-electron chi connectivity index (χ4n) is 2.43. The van der Waals surface area contributed by atoms with Gasteiger partial charge in [0.05, 0.1) is 10.0 Å². The van der Waals surface area contributed by atoms with E-state index < -0.39 is 0 Å². The van der Waals surface area contributed by atoms with Crippen molar-refractivity contribution >= 4 is 23.2 Å². The van der Waals surface area contributed by atoms with Crippen LogP contribution in [0.3, 0.4) is 0 Å². The maximum Gasteiger partial charge on any atom is 0.0640 e. The van der Waals surface area contributed by atoms with Gasteiger partial charge in [-0.15, -0.1) is 0 Å². The van der Waals surface area contributed by atoms with E-state index in [1.165, 1.54) is 0 Å². The average Bonchev–Trinajstić information content (AvgIpc) is 2.32. The molecule has 4 heteroatoms. The zero-order valence-corrected chi connectivity index (χ0v) is 11.5. The number of likely N-dealkylation sites (tertiary alicyclic amines) is 1. The van der Waals surface area contributed by atoms with Gasteiger partial charge in [0, 0.05) is 18.6 Å². The lowest BCUT2D eigenvalue weighted by molar-refractivity contribution is 0.159. The lowest BCUT2D eigenvalue weighted by atomic mass is 10.0. The van der Waals surface area contributed by atoms with Gasteiger partial charge in [-0.1, -0.05) is 35.3 Å². The number of halogens is 2. The van der Waals surface area contributed by atoms with Crippen LogP contribution < -0.4 is 5.73 Å². The SMILES string of the molecule is CC(c1cccc(Cl)c1Cl)N1CCCC(N)C1. The summed E-state index contributed by atoms with van der Waals surface area (Å²) in [5.41, 5.74) is 7.10. The van der Waals surface area contributed by atoms with Crippen molar-refractivity contribution in [2.24, 2.45) is 5.73 Å². The first-order chi connectivity index (χ1) is 8.09. The molecule has 2 nitrogen and oxygen atoms in total. The molecule has 0 spiro atoms. The number of hydrogen-bond acceptors (Lipinski definition) is 2. The highest BCUT2D eigenvalue weighted by atomic mass is 35.5. The number of hydrogen-bond donors (Lipinski definition) is 1. The third-order valence-corrected chi connectivity index (χ3v) is 4.30. The molecule has 0 amide bonds. The Hall–Kier alpha value is -0.280. The second kappa shape index (κ2) is 5.57. The van der Waals surface area contributed by atoms with Crippen molar-refractivity contribution in [3.63, 3.8) is 0 Å². The second-order valence-electron chi connectivity index (χ2n) is 4.72. The molecule has 1 aromatic rings. The van der Waals surface area contributed by atoms with Crippen LogP contribution in [-0.4, -0.2) is 24.0 Å². The molecule has 2 atom stereocenters. The van der Waals surface area contributed by atoms with Gasteiger partial charge in [-0.25, -0.2) is 0 Å². The fourth-order valence-corrected chi connectivity index (χ4v) is 2.90. The van der Waals surface area contributed by atoms with Crippen molar-refractivity contribution < 1.29 is 0 Å². The minimum atomic E-state index is 0.271. The Kier molecular flexibility index (Phi) is 4.31. The van der Waals surface area contributed by atoms with Crippen LogP contribution in [-0.2, 0) is 0 Å². The summed E-state index contributed by atoms with van der Waals surface area (Å²) in [6.45, 7) is 4.18. The Morgan fingerprint density at radius 2 is 2.18 bits per heavy atom. The van der Waals surface area contributed by atoms with Gasteiger partial charge < -0.3 is 5.73 Å². The van der Waals surface area contributed by atoms with Gasteiger partial charge in [0.2, 0.25) is 0 Å². The number of piperidine rings is 1. The van der Waals surface area contributed by atoms with Gasteiger partial charge in [0.15, 0.2) is 0 Å². The van der Waals surface area contributed by atoms with Gasteiger partial charge in [-0.05, 0) is 37.9 Å². The molecule has 0 saturated carbocycles. The minimum Gasteiger partial charge on any atom is -0.327 e. The van der Waals surface area contributed by atoms with E-state index in [1.807, 2.05) is 18.2 Å². The van der Waals surface area contributed by atoms with E-state index >= 15 is 0 Å². The Morgan fingerprint density at radius 1 is 1.41 bits per heavy atom. The first-order valence-corrected chi connectivity index (χ1v) is 6.78. The molecule has 0 bridgehead atoms. The van der Waals surface area contributed by atoms with Crippen LogP contribution in [0.25, 0.3) is 0 Å². The molecule has 17 heavy (non-hydrogen) atoms. The predicted octanol–water partition coefficient (Wildman–Crippen LogP) is 3.48. The molecule has 1 fully saturated rings. The van der Waals surface area contributed by atoms with Crippen molar-refractivity contribution in [2.75, 3.05) is 13.1 Å². The van der Waals surface area contributed by atoms with Gasteiger partial charge in [-0.2, -0.15) is 0 Å². The largest absolute Gasteiger partial charge is 0.327 e. The Morgan fingerprint density at radius 3 is 2.88 bits per heavy atom. The van der Waals surface area contributed by atoms with Crippen LogP contribution in [0.1, 0.15) is 31.4 Å². The predicted molar refractivity (Wildman–Crippen MR) is 73.7 cm³/mol. The molecule has 94 valence electrons. The Labute approximate surface area is 113 Å². The van der Waals surface area contributed by atoms with Crippen molar-refractivity contribution in [3.8, 4) is 0 Å². The summed E-state index contributed by atoms with van der Waals surface area (Å²) in [7, 11) is 0. The minimum absolute atomic E-state index is 0.271. The molecule has 0 radical (unpaired) electrons. The lowest BCUT2D eigenvalue weighted by Crippen LogP contribution is -2.43. The molecule has 2 unspecified atom stereocenters. The maximum atomic E-state index is 6.25. The molecular weight excluding hydrogens is 255 g/mol. The first kappa shape index (κ1) is 13.2. The summed E-state index contributed by atoms with van der Waals surface area (Å²) in [6.07, 6.45) is 2.27. The van der Waals surface area contributed by atoms with Crippen LogP contribution in [0, 0.1) is 0 Å². The van der Waals surface area contributed by atoms with Crippen LogP contribution in [0.4, 0.5) is 0 Å². The van der Waals surface area contributed by atoms with Crippen LogP contribution in [0.2, 0.25) is 10.0 Å². The van der Waals surface area contributed by atoms with E-state index in [1.54, 1.807) is 0 Å². The van der Waals surface area contributed by atoms with Crippen LogP contribution >= 0.6 is 23.2 Å². The topological polar surface area (TPSA) is 29.3 Å². The monoisotopic (exact) mass is 272 g/mol. The molecule has 1 saturated heterocycles. The van der Waals surface area contributed by atoms with Crippen molar-refractivity contribution in [1.82, 2.24) is 4.90 Å². The van der Waals surface area contributed by atoms with Crippen molar-refractivity contribution in [2.45, 2.75) is 31.8 Å². The summed E-state index contributed by atoms with van der Waals surface area (Å²) in [5.74, 6) is 0. The van der Waals surface area contributed by atoms with E-state index in [2.05, 4.69) is 11.8 Å². The molecule has 1 aliphatic rings. The molecule has 1 aliphatic heterocycles. The molecule has 2 N–H and O–H groups in total. The lowest BCUT2D eigenvalue weighted by Gasteiger charge is -2.36. The fraction of sp³-hybridized carbons (Fsp3) is 0.538. The normalized spacial score (nSPS) is 23.6. The quantitative estimate of drug-likeness (QED) is 0.893. The van der Waals surface area contributed by atoms with E-state index in [4.69, 9.17) is 28.9 Å². The number of benzene rings is 1. The maximum absolute atomic E-state index is 6.25. The molecule has 2 rings (SSSR count). The molecule has 1 aromatic carbocycles. The Bertz CT molecular complexity index is 395. The smallest absolute Gasteiger partial charge is 0.0640 e. The van der Waals surface area contributed by atoms with E-state index in [9.17, 15) is 0 Å². The summed E-state index contributed by atoms with van der Waals surface area (Å²) in [5, 5.41) is 1.29. The van der Waals surface area contributed by atoms with Crippen LogP contribution in [0.15, 0.2) is 18.2 Å². The third-order valence-electron chi connectivity index (χ3n) is 3.47. The molecule has 0 aliphatic carbocycles. The number of rotatable bonds is 2. The van der Waals surface area contributed by atoms with E-state index in [0.717, 1.165) is 31.5 Å². The Balaban J connectivity index is 2.18. The number of nitrogens with two attached hydrogens (primary N) is 1. The number of nitrogens with zero attached hydrogens (tertiary/aromatic N) is 1. The van der Waals surface area contributed by atoms with Crippen molar-refractivity contribution in [3.05, 3.63) is 33.8 Å². The zero-order chi connectivity index (χ0) is 12.4. The van der Waals surface area contributed by atoms with Gasteiger partial charge in [-0.3, -0.25) is 4.90 Å². The van der Waals surface area contributed by atoms with Crippen molar-refractivity contribution in [1.29, 1.82) is 0 Å². The van der Waals surface area contributed by atoms with Gasteiger partial charge in [0.1, 0.15) is 0 Å². The summed E-state index contributed by atoms with van der Waals surface area (Å²) >= 11 is 12.3. The highest BCUT2D eigenvalue weighted by Crippen LogP contribution is 2.33. The summed E-state index contributed by atoms with van der Waals surface area (Å²) in [6, 6.07) is 6.36. The highest BCUT2D eigenvalue weighted by molar-refractivity contribution is 6.42. The third kappa shape index (κ3) is 2.94. The van der Waals surface area contributed by atoms with Crippen LogP contribution in [0.5, 0.6) is 0 Å². The molecule has 0 aromatic heterocycles. The molecule has 1 heterocycles. The van der Waals surface area contributed by atoms with Gasteiger partial charge >= 0.3 is 0 Å². The summed E-state index contributed by atoms with van der Waals surface area (Å²) in [4.78, 5) is 2.38. The molecular formula is C13H18Cl2N2. The van der Waals surface area contributed by atoms with E-state index in [-0.39, 0.29) is 12.1 Å². The first-order valence-electron chi connectivity index (χ1n) is 6.03. The standard InChI is InChI=1S/C13H18Cl2N2/c1-9(17-7-3-4-10(16)8-17)11-5-2-6-12(14)13(11)15/h2,5-6,9-10H,3-4,7-8,16H2,1H3. The average molecular weight is 273 g/mol. The van der Waals surface area contributed by atoms with Gasteiger partial charge in [0.25, 0.3) is 0 Å². The zero-order valence-electron chi connectivity index (χ0n) is 10.00. The second-order valence-corrected chi connectivity index (χ2v) is 5.50. The highest BCUT2D eigenvalue weighted by Gasteiger charge is 2.23.